The SMILES string of the molecule is CCN(Cc1ccco1)C(=O)C1(C(N)=S)CCC1. The molecule has 0 bridgehead atoms. The van der Waals surface area contributed by atoms with Crippen LogP contribution in [-0.2, 0) is 11.3 Å². The summed E-state index contributed by atoms with van der Waals surface area (Å²) in [4.78, 5) is 14.7. The van der Waals surface area contributed by atoms with E-state index in [1.807, 2.05) is 19.1 Å². The molecule has 1 heterocycles. The van der Waals surface area contributed by atoms with Gasteiger partial charge in [-0.25, -0.2) is 0 Å². The van der Waals surface area contributed by atoms with Gasteiger partial charge in [-0.15, -0.1) is 0 Å². The van der Waals surface area contributed by atoms with Crippen molar-refractivity contribution < 1.29 is 9.21 Å². The van der Waals surface area contributed by atoms with Crippen LogP contribution in [0.2, 0.25) is 0 Å². The van der Waals surface area contributed by atoms with E-state index in [2.05, 4.69) is 0 Å². The molecule has 0 unspecified atom stereocenters. The second-order valence-electron chi connectivity index (χ2n) is 4.70. The summed E-state index contributed by atoms with van der Waals surface area (Å²) in [6, 6.07) is 3.69. The van der Waals surface area contributed by atoms with Crippen LogP contribution in [0, 0.1) is 5.41 Å². The summed E-state index contributed by atoms with van der Waals surface area (Å²) in [7, 11) is 0. The second-order valence-corrected chi connectivity index (χ2v) is 5.14. The lowest BCUT2D eigenvalue weighted by atomic mass is 9.67. The van der Waals surface area contributed by atoms with Crippen molar-refractivity contribution in [2.45, 2.75) is 32.7 Å². The zero-order chi connectivity index (χ0) is 13.2. The summed E-state index contributed by atoms with van der Waals surface area (Å²) < 4.78 is 5.28. The van der Waals surface area contributed by atoms with Crippen LogP contribution in [0.15, 0.2) is 22.8 Å². The van der Waals surface area contributed by atoms with Gasteiger partial charge in [0, 0.05) is 6.54 Å². The van der Waals surface area contributed by atoms with Crippen LogP contribution in [0.4, 0.5) is 0 Å². The Morgan fingerprint density at radius 3 is 2.72 bits per heavy atom. The van der Waals surface area contributed by atoms with E-state index in [1.165, 1.54) is 0 Å². The maximum atomic E-state index is 12.6. The van der Waals surface area contributed by atoms with Gasteiger partial charge in [0.25, 0.3) is 0 Å². The maximum absolute atomic E-state index is 12.6. The van der Waals surface area contributed by atoms with Crippen LogP contribution in [0.25, 0.3) is 0 Å². The third kappa shape index (κ3) is 2.14. The van der Waals surface area contributed by atoms with E-state index in [0.29, 0.717) is 18.1 Å². The van der Waals surface area contributed by atoms with Crippen molar-refractivity contribution in [3.05, 3.63) is 24.2 Å². The van der Waals surface area contributed by atoms with Gasteiger partial charge in [-0.1, -0.05) is 18.6 Å². The van der Waals surface area contributed by atoms with Gasteiger partial charge in [-0.3, -0.25) is 4.79 Å². The molecular weight excluding hydrogens is 248 g/mol. The first-order valence-corrected chi connectivity index (χ1v) is 6.62. The molecule has 18 heavy (non-hydrogen) atoms. The largest absolute Gasteiger partial charge is 0.467 e. The fourth-order valence-corrected chi connectivity index (χ4v) is 2.61. The highest BCUT2D eigenvalue weighted by Crippen LogP contribution is 2.43. The zero-order valence-corrected chi connectivity index (χ0v) is 11.3. The molecule has 0 aromatic carbocycles. The molecule has 0 spiro atoms. The number of thiocarbonyl (C=S) groups is 1. The van der Waals surface area contributed by atoms with Crippen molar-refractivity contribution in [2.24, 2.45) is 11.1 Å². The van der Waals surface area contributed by atoms with Crippen molar-refractivity contribution in [2.75, 3.05) is 6.54 Å². The third-order valence-electron chi connectivity index (χ3n) is 3.68. The minimum Gasteiger partial charge on any atom is -0.467 e. The maximum Gasteiger partial charge on any atom is 0.236 e. The summed E-state index contributed by atoms with van der Waals surface area (Å²) >= 11 is 5.08. The lowest BCUT2D eigenvalue weighted by Gasteiger charge is -2.42. The molecule has 1 aromatic heterocycles. The monoisotopic (exact) mass is 266 g/mol. The molecule has 5 heteroatoms. The first kappa shape index (κ1) is 13.1. The molecule has 2 N–H and O–H groups in total. The van der Waals surface area contributed by atoms with Gasteiger partial charge in [-0.05, 0) is 31.9 Å². The molecule has 2 rings (SSSR count). The van der Waals surface area contributed by atoms with E-state index < -0.39 is 5.41 Å². The lowest BCUT2D eigenvalue weighted by molar-refractivity contribution is -0.142. The Morgan fingerprint density at radius 1 is 1.61 bits per heavy atom. The Bertz CT molecular complexity index is 438. The average Bonchev–Trinajstić information content (AvgIpc) is 2.76. The quantitative estimate of drug-likeness (QED) is 0.829. The molecule has 4 nitrogen and oxygen atoms in total. The number of nitrogens with zero attached hydrogens (tertiary/aromatic N) is 1. The first-order valence-electron chi connectivity index (χ1n) is 6.22. The van der Waals surface area contributed by atoms with Crippen LogP contribution in [-0.4, -0.2) is 22.3 Å². The van der Waals surface area contributed by atoms with Crippen molar-refractivity contribution in [3.8, 4) is 0 Å². The van der Waals surface area contributed by atoms with Gasteiger partial charge in [-0.2, -0.15) is 0 Å². The number of carbonyl (C=O) groups excluding carboxylic acids is 1. The van der Waals surface area contributed by atoms with E-state index >= 15 is 0 Å². The first-order chi connectivity index (χ1) is 8.60. The number of hydrogen-bond donors (Lipinski definition) is 1. The molecular formula is C13H18N2O2S. The van der Waals surface area contributed by atoms with Gasteiger partial charge in [0.1, 0.15) is 5.76 Å². The van der Waals surface area contributed by atoms with Gasteiger partial charge < -0.3 is 15.1 Å². The number of carbonyl (C=O) groups is 1. The molecule has 1 aliphatic rings. The smallest absolute Gasteiger partial charge is 0.236 e. The van der Waals surface area contributed by atoms with Crippen molar-refractivity contribution in [1.29, 1.82) is 0 Å². The van der Waals surface area contributed by atoms with Crippen LogP contribution in [0.5, 0.6) is 0 Å². The minimum absolute atomic E-state index is 0.0418. The molecule has 1 aromatic rings. The van der Waals surface area contributed by atoms with Gasteiger partial charge >= 0.3 is 0 Å². The van der Waals surface area contributed by atoms with Crippen LogP contribution in [0.3, 0.4) is 0 Å². The molecule has 1 saturated carbocycles. The summed E-state index contributed by atoms with van der Waals surface area (Å²) in [6.45, 7) is 3.06. The van der Waals surface area contributed by atoms with Crippen molar-refractivity contribution in [1.82, 2.24) is 4.90 Å². The molecule has 0 aliphatic heterocycles. The molecule has 1 amide bonds. The average molecular weight is 266 g/mol. The van der Waals surface area contributed by atoms with E-state index in [0.717, 1.165) is 25.0 Å². The Hall–Kier alpha value is -1.36. The highest BCUT2D eigenvalue weighted by atomic mass is 32.1. The molecule has 1 aliphatic carbocycles. The highest BCUT2D eigenvalue weighted by molar-refractivity contribution is 7.80. The molecule has 1 fully saturated rings. The fraction of sp³-hybridized carbons (Fsp3) is 0.538. The van der Waals surface area contributed by atoms with E-state index in [-0.39, 0.29) is 5.91 Å². The van der Waals surface area contributed by atoms with Gasteiger partial charge in [0.15, 0.2) is 0 Å². The summed E-state index contributed by atoms with van der Waals surface area (Å²) in [5, 5.41) is 0. The topological polar surface area (TPSA) is 59.5 Å². The third-order valence-corrected chi connectivity index (χ3v) is 4.07. The van der Waals surface area contributed by atoms with Crippen LogP contribution in [0.1, 0.15) is 31.9 Å². The van der Waals surface area contributed by atoms with Crippen molar-refractivity contribution >= 4 is 23.1 Å². The number of hydrogen-bond acceptors (Lipinski definition) is 3. The molecule has 0 radical (unpaired) electrons. The normalized spacial score (nSPS) is 16.9. The highest BCUT2D eigenvalue weighted by Gasteiger charge is 2.48. The van der Waals surface area contributed by atoms with Crippen molar-refractivity contribution in [3.63, 3.8) is 0 Å². The Balaban J connectivity index is 2.12. The Morgan fingerprint density at radius 2 is 2.33 bits per heavy atom. The van der Waals surface area contributed by atoms with Crippen LogP contribution >= 0.6 is 12.2 Å². The Labute approximate surface area is 112 Å². The number of amides is 1. The number of furan rings is 1. The zero-order valence-electron chi connectivity index (χ0n) is 10.5. The molecule has 0 saturated heterocycles. The molecule has 98 valence electrons. The molecule has 0 atom stereocenters. The summed E-state index contributed by atoms with van der Waals surface area (Å²) in [5.74, 6) is 0.822. The predicted octanol–water partition coefficient (Wildman–Crippen LogP) is 2.08. The van der Waals surface area contributed by atoms with E-state index in [4.69, 9.17) is 22.4 Å². The van der Waals surface area contributed by atoms with Gasteiger partial charge in [0.2, 0.25) is 5.91 Å². The number of nitrogens with two attached hydrogens (primary N) is 1. The predicted molar refractivity (Wildman–Crippen MR) is 72.9 cm³/mol. The summed E-state index contributed by atoms with van der Waals surface area (Å²) in [6.07, 6.45) is 4.17. The minimum atomic E-state index is -0.599. The van der Waals surface area contributed by atoms with Gasteiger partial charge in [0.05, 0.1) is 23.2 Å². The fourth-order valence-electron chi connectivity index (χ4n) is 2.32. The summed E-state index contributed by atoms with van der Waals surface area (Å²) in [5.41, 5.74) is 5.16. The standard InChI is InChI=1S/C13H18N2O2S/c1-2-15(9-10-5-3-8-17-10)12(16)13(11(14)18)6-4-7-13/h3,5,8H,2,4,6-7,9H2,1H3,(H2,14,18). The Kier molecular flexibility index (Phi) is 3.71. The number of rotatable bonds is 5. The van der Waals surface area contributed by atoms with E-state index in [1.54, 1.807) is 11.2 Å². The van der Waals surface area contributed by atoms with Crippen LogP contribution < -0.4 is 5.73 Å². The van der Waals surface area contributed by atoms with E-state index in [9.17, 15) is 4.79 Å². The second kappa shape index (κ2) is 5.10. The lowest BCUT2D eigenvalue weighted by Crippen LogP contribution is -2.54.